The Bertz CT molecular complexity index is 438. The Hall–Kier alpha value is 0.01000. The molecular weight excluding hydrogens is 327 g/mol. The van der Waals surface area contributed by atoms with E-state index in [2.05, 4.69) is 56.1 Å². The summed E-state index contributed by atoms with van der Waals surface area (Å²) in [6.07, 6.45) is 0. The predicted octanol–water partition coefficient (Wildman–Crippen LogP) is 4.48. The number of nitrogens with zero attached hydrogens (tertiary/aromatic N) is 1. The van der Waals surface area contributed by atoms with Crippen LogP contribution in [0.2, 0.25) is 5.02 Å². The van der Waals surface area contributed by atoms with Crippen molar-refractivity contribution < 1.29 is 0 Å². The third kappa shape index (κ3) is 5.30. The summed E-state index contributed by atoms with van der Waals surface area (Å²) in [4.78, 5) is 2.58. The molecule has 1 saturated heterocycles. The second-order valence-corrected chi connectivity index (χ2v) is 6.97. The standard InChI is InChI=1S/C16H25ClN2.2ClH/c1-12-5-6-13(11-14(12)17)15(16(2,3)4)19-9-7-18-8-10-19;;/h5-6,11,15,18H,7-10H2,1-4H3;2*1H/t15-;;/m0../s1. The fraction of sp³-hybridized carbons (Fsp3) is 0.625. The van der Waals surface area contributed by atoms with Crippen molar-refractivity contribution in [2.75, 3.05) is 26.2 Å². The molecule has 2 rings (SSSR count). The van der Waals surface area contributed by atoms with Crippen molar-refractivity contribution >= 4 is 36.4 Å². The first-order chi connectivity index (χ1) is 8.89. The van der Waals surface area contributed by atoms with Crippen LogP contribution in [-0.4, -0.2) is 31.1 Å². The Kier molecular flexibility index (Phi) is 8.60. The van der Waals surface area contributed by atoms with Crippen molar-refractivity contribution in [1.82, 2.24) is 10.2 Å². The van der Waals surface area contributed by atoms with Gasteiger partial charge in [-0.05, 0) is 29.5 Å². The number of aryl methyl sites for hydroxylation is 1. The summed E-state index contributed by atoms with van der Waals surface area (Å²) in [5, 5.41) is 4.30. The molecule has 0 radical (unpaired) electrons. The summed E-state index contributed by atoms with van der Waals surface area (Å²) >= 11 is 6.32. The molecule has 0 saturated carbocycles. The number of hydrogen-bond acceptors (Lipinski definition) is 2. The van der Waals surface area contributed by atoms with E-state index in [-0.39, 0.29) is 30.2 Å². The van der Waals surface area contributed by atoms with E-state index in [1.165, 1.54) is 5.56 Å². The van der Waals surface area contributed by atoms with Gasteiger partial charge in [0.1, 0.15) is 0 Å². The summed E-state index contributed by atoms with van der Waals surface area (Å²) in [5.74, 6) is 0. The van der Waals surface area contributed by atoms with Crippen LogP contribution in [0.3, 0.4) is 0 Å². The third-order valence-corrected chi connectivity index (χ3v) is 4.26. The molecule has 0 unspecified atom stereocenters. The van der Waals surface area contributed by atoms with E-state index in [0.29, 0.717) is 6.04 Å². The van der Waals surface area contributed by atoms with Gasteiger partial charge in [-0.15, -0.1) is 24.8 Å². The van der Waals surface area contributed by atoms with Crippen molar-refractivity contribution in [2.45, 2.75) is 33.7 Å². The molecule has 1 aliphatic heterocycles. The second kappa shape index (κ2) is 8.59. The lowest BCUT2D eigenvalue weighted by Crippen LogP contribution is -2.48. The van der Waals surface area contributed by atoms with Crippen molar-refractivity contribution in [3.05, 3.63) is 34.3 Å². The minimum atomic E-state index is 0. The van der Waals surface area contributed by atoms with E-state index >= 15 is 0 Å². The molecule has 1 fully saturated rings. The zero-order chi connectivity index (χ0) is 14.0. The minimum Gasteiger partial charge on any atom is -0.314 e. The average Bonchev–Trinajstić information content (AvgIpc) is 2.34. The van der Waals surface area contributed by atoms with Gasteiger partial charge in [0, 0.05) is 37.2 Å². The van der Waals surface area contributed by atoms with Crippen LogP contribution in [-0.2, 0) is 0 Å². The fourth-order valence-corrected chi connectivity index (χ4v) is 3.17. The summed E-state index contributed by atoms with van der Waals surface area (Å²) in [6, 6.07) is 6.94. The molecule has 1 aromatic rings. The molecule has 2 nitrogen and oxygen atoms in total. The Morgan fingerprint density at radius 1 is 1.14 bits per heavy atom. The molecule has 21 heavy (non-hydrogen) atoms. The Morgan fingerprint density at radius 3 is 2.19 bits per heavy atom. The molecule has 0 amide bonds. The van der Waals surface area contributed by atoms with Crippen molar-refractivity contribution in [3.8, 4) is 0 Å². The highest BCUT2D eigenvalue weighted by atomic mass is 35.5. The normalized spacial score (nSPS) is 17.6. The highest BCUT2D eigenvalue weighted by molar-refractivity contribution is 6.31. The lowest BCUT2D eigenvalue weighted by atomic mass is 9.80. The first kappa shape index (κ1) is 21.0. The summed E-state index contributed by atoms with van der Waals surface area (Å²) in [7, 11) is 0. The smallest absolute Gasteiger partial charge is 0.0438 e. The fourth-order valence-electron chi connectivity index (χ4n) is 2.98. The predicted molar refractivity (Wildman–Crippen MR) is 97.3 cm³/mol. The Balaban J connectivity index is 0.00000200. The van der Waals surface area contributed by atoms with Crippen molar-refractivity contribution in [1.29, 1.82) is 0 Å². The summed E-state index contributed by atoms with van der Waals surface area (Å²) in [5.41, 5.74) is 2.69. The summed E-state index contributed by atoms with van der Waals surface area (Å²) in [6.45, 7) is 13.4. The van der Waals surface area contributed by atoms with Crippen LogP contribution in [0.15, 0.2) is 18.2 Å². The van der Waals surface area contributed by atoms with Crippen LogP contribution >= 0.6 is 36.4 Å². The molecule has 1 aliphatic rings. The maximum absolute atomic E-state index is 6.32. The van der Waals surface area contributed by atoms with Gasteiger partial charge in [0.25, 0.3) is 0 Å². The zero-order valence-electron chi connectivity index (χ0n) is 13.3. The number of nitrogens with one attached hydrogen (secondary N) is 1. The van der Waals surface area contributed by atoms with E-state index in [9.17, 15) is 0 Å². The second-order valence-electron chi connectivity index (χ2n) is 6.56. The number of benzene rings is 1. The SMILES string of the molecule is Cc1ccc([C@H](N2CCNCC2)C(C)(C)C)cc1Cl.Cl.Cl. The van der Waals surface area contributed by atoms with Gasteiger partial charge in [0.15, 0.2) is 0 Å². The molecule has 0 bridgehead atoms. The molecule has 0 aliphatic carbocycles. The van der Waals surface area contributed by atoms with Crippen LogP contribution in [0.1, 0.15) is 37.9 Å². The van der Waals surface area contributed by atoms with E-state index < -0.39 is 0 Å². The Labute approximate surface area is 146 Å². The molecule has 1 heterocycles. The number of halogens is 3. The van der Waals surface area contributed by atoms with Gasteiger partial charge < -0.3 is 5.32 Å². The molecule has 1 aromatic carbocycles. The first-order valence-electron chi connectivity index (χ1n) is 7.10. The molecular formula is C16H27Cl3N2. The van der Waals surface area contributed by atoms with Crippen LogP contribution in [0.4, 0.5) is 0 Å². The van der Waals surface area contributed by atoms with Crippen molar-refractivity contribution in [2.24, 2.45) is 5.41 Å². The number of piperazine rings is 1. The molecule has 5 heteroatoms. The van der Waals surface area contributed by atoms with Gasteiger partial charge in [-0.1, -0.05) is 44.5 Å². The van der Waals surface area contributed by atoms with E-state index in [1.807, 2.05) is 0 Å². The summed E-state index contributed by atoms with van der Waals surface area (Å²) < 4.78 is 0. The van der Waals surface area contributed by atoms with Crippen LogP contribution < -0.4 is 5.32 Å². The largest absolute Gasteiger partial charge is 0.314 e. The highest BCUT2D eigenvalue weighted by Crippen LogP contribution is 2.39. The van der Waals surface area contributed by atoms with E-state index in [0.717, 1.165) is 36.8 Å². The van der Waals surface area contributed by atoms with Gasteiger partial charge in [-0.2, -0.15) is 0 Å². The average molecular weight is 354 g/mol. The highest BCUT2D eigenvalue weighted by Gasteiger charge is 2.32. The van der Waals surface area contributed by atoms with Gasteiger partial charge in [-0.25, -0.2) is 0 Å². The Morgan fingerprint density at radius 2 is 1.71 bits per heavy atom. The van der Waals surface area contributed by atoms with Gasteiger partial charge in [0.2, 0.25) is 0 Å². The first-order valence-corrected chi connectivity index (χ1v) is 7.48. The molecule has 0 aromatic heterocycles. The van der Waals surface area contributed by atoms with Gasteiger partial charge in [-0.3, -0.25) is 4.90 Å². The monoisotopic (exact) mass is 352 g/mol. The molecule has 1 atom stereocenters. The van der Waals surface area contributed by atoms with Gasteiger partial charge >= 0.3 is 0 Å². The maximum Gasteiger partial charge on any atom is 0.0438 e. The quantitative estimate of drug-likeness (QED) is 0.843. The minimum absolute atomic E-state index is 0. The number of hydrogen-bond donors (Lipinski definition) is 1. The maximum atomic E-state index is 6.32. The van der Waals surface area contributed by atoms with Crippen LogP contribution in [0, 0.1) is 12.3 Å². The topological polar surface area (TPSA) is 15.3 Å². The van der Waals surface area contributed by atoms with E-state index in [4.69, 9.17) is 11.6 Å². The lowest BCUT2D eigenvalue weighted by molar-refractivity contribution is 0.0862. The van der Waals surface area contributed by atoms with Gasteiger partial charge in [0.05, 0.1) is 0 Å². The molecule has 0 spiro atoms. The van der Waals surface area contributed by atoms with Crippen LogP contribution in [0.25, 0.3) is 0 Å². The van der Waals surface area contributed by atoms with E-state index in [1.54, 1.807) is 0 Å². The van der Waals surface area contributed by atoms with Crippen LogP contribution in [0.5, 0.6) is 0 Å². The molecule has 122 valence electrons. The number of rotatable bonds is 2. The van der Waals surface area contributed by atoms with Crippen molar-refractivity contribution in [3.63, 3.8) is 0 Å². The molecule has 1 N–H and O–H groups in total. The zero-order valence-corrected chi connectivity index (χ0v) is 15.7. The third-order valence-electron chi connectivity index (χ3n) is 3.85. The lowest BCUT2D eigenvalue weighted by Gasteiger charge is -2.42.